The largest absolute Gasteiger partial charge is 0.493 e. The molecule has 0 aliphatic carbocycles. The second kappa shape index (κ2) is 5.56. The number of hydrogen-bond acceptors (Lipinski definition) is 4. The Morgan fingerprint density at radius 3 is 2.63 bits per heavy atom. The molecule has 0 aliphatic rings. The van der Waals surface area contributed by atoms with Crippen LogP contribution in [0.2, 0.25) is 0 Å². The van der Waals surface area contributed by atoms with E-state index in [1.165, 1.54) is 6.07 Å². The van der Waals surface area contributed by atoms with Gasteiger partial charge in [0.2, 0.25) is 0 Å². The second-order valence-electron chi connectivity index (χ2n) is 4.30. The highest BCUT2D eigenvalue weighted by Gasteiger charge is 2.11. The predicted octanol–water partition coefficient (Wildman–Crippen LogP) is 2.61. The smallest absolute Gasteiger partial charge is 0.358 e. The number of nitrogens with zero attached hydrogens (tertiary/aromatic N) is 1. The van der Waals surface area contributed by atoms with Crippen LogP contribution in [0.25, 0.3) is 0 Å². The van der Waals surface area contributed by atoms with Crippen LogP contribution in [0.5, 0.6) is 5.75 Å². The number of hydrogen-bond donors (Lipinski definition) is 1. The quantitative estimate of drug-likeness (QED) is 0.895. The van der Waals surface area contributed by atoms with Gasteiger partial charge in [-0.05, 0) is 25.0 Å². The Hall–Kier alpha value is -2.30. The Morgan fingerprint density at radius 1 is 1.37 bits per heavy atom. The van der Waals surface area contributed by atoms with Gasteiger partial charge in [-0.1, -0.05) is 23.4 Å². The number of para-hydroxylation sites is 1. The molecule has 0 saturated heterocycles. The number of rotatable bonds is 5. The summed E-state index contributed by atoms with van der Waals surface area (Å²) in [6, 6.07) is 7.36. The molecule has 0 amide bonds. The number of aromatic nitrogens is 1. The van der Waals surface area contributed by atoms with Crippen molar-refractivity contribution >= 4 is 5.97 Å². The number of aryl methyl sites for hydroxylation is 2. The fourth-order valence-electron chi connectivity index (χ4n) is 1.81. The van der Waals surface area contributed by atoms with Crippen LogP contribution in [-0.4, -0.2) is 22.8 Å². The average Bonchev–Trinajstić information content (AvgIpc) is 2.82. The van der Waals surface area contributed by atoms with Crippen LogP contribution in [0.3, 0.4) is 0 Å². The maximum atomic E-state index is 10.6. The number of ether oxygens (including phenoxy) is 1. The Bertz CT molecular complexity index is 569. The first-order valence-corrected chi connectivity index (χ1v) is 5.96. The van der Waals surface area contributed by atoms with Crippen molar-refractivity contribution in [2.45, 2.75) is 20.3 Å². The van der Waals surface area contributed by atoms with Gasteiger partial charge in [-0.25, -0.2) is 4.79 Å². The van der Waals surface area contributed by atoms with Gasteiger partial charge in [0.05, 0.1) is 6.61 Å². The van der Waals surface area contributed by atoms with E-state index in [0.29, 0.717) is 18.8 Å². The van der Waals surface area contributed by atoms with Crippen molar-refractivity contribution in [2.75, 3.05) is 6.61 Å². The molecule has 2 aromatic rings. The monoisotopic (exact) mass is 261 g/mol. The summed E-state index contributed by atoms with van der Waals surface area (Å²) in [5.74, 6) is 0.273. The van der Waals surface area contributed by atoms with Gasteiger partial charge in [-0.2, -0.15) is 0 Å². The first-order valence-electron chi connectivity index (χ1n) is 5.96. The van der Waals surface area contributed by atoms with Crippen molar-refractivity contribution in [3.63, 3.8) is 0 Å². The van der Waals surface area contributed by atoms with Gasteiger partial charge in [0.1, 0.15) is 11.5 Å². The van der Waals surface area contributed by atoms with Crippen LogP contribution in [0.4, 0.5) is 0 Å². The molecule has 0 fully saturated rings. The zero-order valence-electron chi connectivity index (χ0n) is 10.8. The minimum atomic E-state index is -1.09. The van der Waals surface area contributed by atoms with Gasteiger partial charge < -0.3 is 14.4 Å². The topological polar surface area (TPSA) is 72.6 Å². The standard InChI is InChI=1S/C14H15NO4/c1-9-4-3-5-10(2)13(9)18-7-6-11-8-12(14(16)17)15-19-11/h3-5,8H,6-7H2,1-2H3,(H,16,17). The third-order valence-electron chi connectivity index (χ3n) is 2.78. The molecule has 2 rings (SSSR count). The Kier molecular flexibility index (Phi) is 3.85. The van der Waals surface area contributed by atoms with E-state index >= 15 is 0 Å². The fraction of sp³-hybridized carbons (Fsp3) is 0.286. The van der Waals surface area contributed by atoms with Crippen LogP contribution < -0.4 is 4.74 Å². The highest BCUT2D eigenvalue weighted by Crippen LogP contribution is 2.22. The van der Waals surface area contributed by atoms with Crippen molar-refractivity contribution in [3.05, 3.63) is 46.8 Å². The van der Waals surface area contributed by atoms with Gasteiger partial charge in [0.25, 0.3) is 0 Å². The molecule has 0 spiro atoms. The molecular formula is C14H15NO4. The maximum absolute atomic E-state index is 10.6. The van der Waals surface area contributed by atoms with Crippen molar-refractivity contribution in [3.8, 4) is 5.75 Å². The molecule has 1 N–H and O–H groups in total. The Morgan fingerprint density at radius 2 is 2.05 bits per heavy atom. The second-order valence-corrected chi connectivity index (χ2v) is 4.30. The number of carboxylic acid groups (broad SMARTS) is 1. The highest BCUT2D eigenvalue weighted by atomic mass is 16.5. The third kappa shape index (κ3) is 3.13. The molecule has 5 heteroatoms. The van der Waals surface area contributed by atoms with Crippen molar-refractivity contribution in [2.24, 2.45) is 0 Å². The van der Waals surface area contributed by atoms with Crippen LogP contribution >= 0.6 is 0 Å². The van der Waals surface area contributed by atoms with Crippen LogP contribution in [-0.2, 0) is 6.42 Å². The van der Waals surface area contributed by atoms with Crippen molar-refractivity contribution < 1.29 is 19.2 Å². The first kappa shape index (κ1) is 13.1. The van der Waals surface area contributed by atoms with E-state index in [1.54, 1.807) is 0 Å². The summed E-state index contributed by atoms with van der Waals surface area (Å²) in [5.41, 5.74) is 2.06. The lowest BCUT2D eigenvalue weighted by Gasteiger charge is -2.10. The summed E-state index contributed by atoms with van der Waals surface area (Å²) in [4.78, 5) is 10.6. The Labute approximate surface area is 110 Å². The van der Waals surface area contributed by atoms with E-state index in [0.717, 1.165) is 16.9 Å². The predicted molar refractivity (Wildman–Crippen MR) is 68.6 cm³/mol. The van der Waals surface area contributed by atoms with Gasteiger partial charge in [-0.3, -0.25) is 0 Å². The minimum Gasteiger partial charge on any atom is -0.493 e. The van der Waals surface area contributed by atoms with Crippen LogP contribution in [0.1, 0.15) is 27.4 Å². The summed E-state index contributed by atoms with van der Waals surface area (Å²) < 4.78 is 10.6. The molecule has 0 saturated carbocycles. The zero-order valence-corrected chi connectivity index (χ0v) is 10.8. The lowest BCUT2D eigenvalue weighted by Crippen LogP contribution is -2.03. The molecule has 0 atom stereocenters. The van der Waals surface area contributed by atoms with Gasteiger partial charge in [0.15, 0.2) is 5.69 Å². The summed E-state index contributed by atoms with van der Waals surface area (Å²) in [5, 5.41) is 12.2. The van der Waals surface area contributed by atoms with Gasteiger partial charge in [-0.15, -0.1) is 0 Å². The molecular weight excluding hydrogens is 246 g/mol. The number of benzene rings is 1. The molecule has 0 radical (unpaired) electrons. The lowest BCUT2D eigenvalue weighted by atomic mass is 10.1. The molecule has 0 aliphatic heterocycles. The molecule has 19 heavy (non-hydrogen) atoms. The van der Waals surface area contributed by atoms with E-state index in [2.05, 4.69) is 5.16 Å². The van der Waals surface area contributed by atoms with E-state index in [4.69, 9.17) is 14.4 Å². The zero-order chi connectivity index (χ0) is 13.8. The molecule has 100 valence electrons. The highest BCUT2D eigenvalue weighted by molar-refractivity contribution is 5.85. The maximum Gasteiger partial charge on any atom is 0.358 e. The van der Waals surface area contributed by atoms with Crippen LogP contribution in [0, 0.1) is 13.8 Å². The van der Waals surface area contributed by atoms with E-state index in [1.807, 2.05) is 32.0 Å². The molecule has 0 bridgehead atoms. The minimum absolute atomic E-state index is 0.0814. The first-order chi connectivity index (χ1) is 9.08. The Balaban J connectivity index is 1.94. The third-order valence-corrected chi connectivity index (χ3v) is 2.78. The van der Waals surface area contributed by atoms with Crippen molar-refractivity contribution in [1.29, 1.82) is 0 Å². The summed E-state index contributed by atoms with van der Waals surface area (Å²) in [6.45, 7) is 4.39. The normalized spacial score (nSPS) is 10.4. The molecule has 1 heterocycles. The van der Waals surface area contributed by atoms with E-state index in [9.17, 15) is 4.79 Å². The number of carboxylic acids is 1. The summed E-state index contributed by atoms with van der Waals surface area (Å²) >= 11 is 0. The van der Waals surface area contributed by atoms with Crippen molar-refractivity contribution in [1.82, 2.24) is 5.16 Å². The molecule has 1 aromatic heterocycles. The van der Waals surface area contributed by atoms with E-state index in [-0.39, 0.29) is 5.69 Å². The molecule has 0 unspecified atom stereocenters. The summed E-state index contributed by atoms with van der Waals surface area (Å²) in [7, 11) is 0. The molecule has 5 nitrogen and oxygen atoms in total. The number of carbonyl (C=O) groups is 1. The molecule has 1 aromatic carbocycles. The van der Waals surface area contributed by atoms with Gasteiger partial charge >= 0.3 is 5.97 Å². The van der Waals surface area contributed by atoms with Crippen LogP contribution in [0.15, 0.2) is 28.8 Å². The fourth-order valence-corrected chi connectivity index (χ4v) is 1.81. The number of aromatic carboxylic acids is 1. The van der Waals surface area contributed by atoms with Gasteiger partial charge in [0, 0.05) is 12.5 Å². The average molecular weight is 261 g/mol. The summed E-state index contributed by atoms with van der Waals surface area (Å²) in [6.07, 6.45) is 0.480. The van der Waals surface area contributed by atoms with E-state index < -0.39 is 5.97 Å². The lowest BCUT2D eigenvalue weighted by molar-refractivity contribution is 0.0685. The SMILES string of the molecule is Cc1cccc(C)c1OCCc1cc(C(=O)O)no1.